The quantitative estimate of drug-likeness (QED) is 0.756. The molecule has 0 N–H and O–H groups in total. The van der Waals surface area contributed by atoms with E-state index in [1.807, 2.05) is 7.11 Å². The highest BCUT2D eigenvalue weighted by Crippen LogP contribution is 2.61. The molecule has 0 spiro atoms. The molecular formula is C17H22O. The van der Waals surface area contributed by atoms with Gasteiger partial charge in [0.15, 0.2) is 0 Å². The molecule has 5 rings (SSSR count). The summed E-state index contributed by atoms with van der Waals surface area (Å²) in [5, 5.41) is 0. The average Bonchev–Trinajstić information content (AvgIpc) is 2.37. The minimum atomic E-state index is 0.460. The van der Waals surface area contributed by atoms with Crippen LogP contribution in [0.4, 0.5) is 0 Å². The molecule has 1 heteroatoms. The summed E-state index contributed by atoms with van der Waals surface area (Å²) in [7, 11) is 1.82. The van der Waals surface area contributed by atoms with E-state index >= 15 is 0 Å². The number of para-hydroxylation sites is 1. The Labute approximate surface area is 110 Å². The third kappa shape index (κ3) is 1.46. The van der Waals surface area contributed by atoms with Gasteiger partial charge in [-0.3, -0.25) is 0 Å². The van der Waals surface area contributed by atoms with Crippen LogP contribution in [0, 0.1) is 17.8 Å². The lowest BCUT2D eigenvalue weighted by Crippen LogP contribution is -2.48. The smallest absolute Gasteiger partial charge is 0.122 e. The van der Waals surface area contributed by atoms with Crippen molar-refractivity contribution >= 4 is 0 Å². The van der Waals surface area contributed by atoms with Gasteiger partial charge in [-0.1, -0.05) is 18.2 Å². The molecule has 4 fully saturated rings. The molecule has 4 saturated carbocycles. The third-order valence-corrected chi connectivity index (χ3v) is 5.72. The van der Waals surface area contributed by atoms with E-state index in [0.717, 1.165) is 23.5 Å². The second-order valence-corrected chi connectivity index (χ2v) is 6.90. The lowest BCUT2D eigenvalue weighted by Gasteiger charge is -2.57. The van der Waals surface area contributed by atoms with Gasteiger partial charge >= 0.3 is 0 Å². The van der Waals surface area contributed by atoms with Crippen LogP contribution in [0.1, 0.15) is 44.1 Å². The van der Waals surface area contributed by atoms with Gasteiger partial charge in [0.05, 0.1) is 7.11 Å². The molecule has 18 heavy (non-hydrogen) atoms. The van der Waals surface area contributed by atoms with Gasteiger partial charge in [-0.25, -0.2) is 0 Å². The molecule has 1 aromatic carbocycles. The number of rotatable bonds is 2. The predicted molar refractivity (Wildman–Crippen MR) is 72.8 cm³/mol. The molecule has 0 aromatic heterocycles. The van der Waals surface area contributed by atoms with Crippen LogP contribution in [0.25, 0.3) is 0 Å². The maximum atomic E-state index is 5.63. The van der Waals surface area contributed by atoms with Gasteiger partial charge in [-0.15, -0.1) is 0 Å². The zero-order chi connectivity index (χ0) is 12.2. The summed E-state index contributed by atoms with van der Waals surface area (Å²) in [5.74, 6) is 4.13. The Kier molecular flexibility index (Phi) is 2.27. The fourth-order valence-corrected chi connectivity index (χ4v) is 5.52. The average molecular weight is 242 g/mol. The zero-order valence-corrected chi connectivity index (χ0v) is 11.2. The topological polar surface area (TPSA) is 9.23 Å². The minimum Gasteiger partial charge on any atom is -0.496 e. The van der Waals surface area contributed by atoms with Crippen LogP contribution in [-0.4, -0.2) is 7.11 Å². The molecule has 0 aliphatic heterocycles. The Bertz CT molecular complexity index is 427. The second-order valence-electron chi connectivity index (χ2n) is 6.90. The van der Waals surface area contributed by atoms with Crippen LogP contribution in [-0.2, 0) is 5.41 Å². The molecule has 1 nitrogen and oxygen atoms in total. The van der Waals surface area contributed by atoms with Crippen molar-refractivity contribution in [1.82, 2.24) is 0 Å². The molecule has 0 saturated heterocycles. The van der Waals surface area contributed by atoms with E-state index in [0.29, 0.717) is 5.41 Å². The van der Waals surface area contributed by atoms with Crippen LogP contribution in [0.5, 0.6) is 5.75 Å². The Morgan fingerprint density at radius 2 is 1.50 bits per heavy atom. The molecule has 0 amide bonds. The lowest BCUT2D eigenvalue weighted by atomic mass is 9.48. The Morgan fingerprint density at radius 3 is 2.06 bits per heavy atom. The van der Waals surface area contributed by atoms with Gasteiger partial charge in [0.2, 0.25) is 0 Å². The summed E-state index contributed by atoms with van der Waals surface area (Å²) in [5.41, 5.74) is 1.97. The number of ether oxygens (including phenoxy) is 1. The van der Waals surface area contributed by atoms with Crippen molar-refractivity contribution in [3.05, 3.63) is 29.8 Å². The minimum absolute atomic E-state index is 0.460. The summed E-state index contributed by atoms with van der Waals surface area (Å²) in [4.78, 5) is 0. The van der Waals surface area contributed by atoms with Crippen LogP contribution in [0.15, 0.2) is 24.3 Å². The third-order valence-electron chi connectivity index (χ3n) is 5.72. The van der Waals surface area contributed by atoms with Crippen LogP contribution >= 0.6 is 0 Å². The molecule has 0 radical (unpaired) electrons. The van der Waals surface area contributed by atoms with Crippen molar-refractivity contribution in [2.45, 2.75) is 43.9 Å². The maximum Gasteiger partial charge on any atom is 0.122 e. The summed E-state index contributed by atoms with van der Waals surface area (Å²) >= 11 is 0. The molecule has 96 valence electrons. The van der Waals surface area contributed by atoms with Crippen molar-refractivity contribution in [2.75, 3.05) is 7.11 Å². The van der Waals surface area contributed by atoms with Crippen LogP contribution < -0.4 is 4.74 Å². The molecule has 0 unspecified atom stereocenters. The van der Waals surface area contributed by atoms with Gasteiger partial charge in [-0.05, 0) is 67.8 Å². The van der Waals surface area contributed by atoms with E-state index in [-0.39, 0.29) is 0 Å². The number of methoxy groups -OCH3 is 1. The van der Waals surface area contributed by atoms with Crippen molar-refractivity contribution in [1.29, 1.82) is 0 Å². The van der Waals surface area contributed by atoms with Gasteiger partial charge in [0.1, 0.15) is 5.75 Å². The first-order valence-electron chi connectivity index (χ1n) is 7.42. The lowest BCUT2D eigenvalue weighted by molar-refractivity contribution is -0.00615. The van der Waals surface area contributed by atoms with Crippen molar-refractivity contribution < 1.29 is 4.74 Å². The van der Waals surface area contributed by atoms with E-state index in [1.165, 1.54) is 44.1 Å². The molecule has 1 aromatic rings. The molecular weight excluding hydrogens is 220 g/mol. The Morgan fingerprint density at radius 1 is 0.944 bits per heavy atom. The Hall–Kier alpha value is -0.980. The highest BCUT2D eigenvalue weighted by molar-refractivity contribution is 5.41. The molecule has 4 aliphatic rings. The number of hydrogen-bond acceptors (Lipinski definition) is 1. The van der Waals surface area contributed by atoms with E-state index in [9.17, 15) is 0 Å². The first-order valence-corrected chi connectivity index (χ1v) is 7.42. The van der Waals surface area contributed by atoms with E-state index in [2.05, 4.69) is 24.3 Å². The molecule has 0 atom stereocenters. The monoisotopic (exact) mass is 242 g/mol. The molecule has 4 aliphatic carbocycles. The normalized spacial score (nSPS) is 41.1. The van der Waals surface area contributed by atoms with Gasteiger partial charge < -0.3 is 4.74 Å². The SMILES string of the molecule is COc1ccccc1C12CC3CC(CC(C3)C1)C2. The molecule has 0 heterocycles. The summed E-state index contributed by atoms with van der Waals surface area (Å²) < 4.78 is 5.63. The van der Waals surface area contributed by atoms with E-state index in [1.54, 1.807) is 0 Å². The van der Waals surface area contributed by atoms with E-state index < -0.39 is 0 Å². The summed E-state index contributed by atoms with van der Waals surface area (Å²) in [6, 6.07) is 8.76. The molecule has 4 bridgehead atoms. The maximum absolute atomic E-state index is 5.63. The van der Waals surface area contributed by atoms with E-state index in [4.69, 9.17) is 4.74 Å². The standard InChI is InChI=1S/C17H22O/c1-18-16-5-3-2-4-15(16)17-9-12-6-13(10-17)8-14(7-12)11-17/h2-5,12-14H,6-11H2,1H3. The zero-order valence-electron chi connectivity index (χ0n) is 11.2. The fourth-order valence-electron chi connectivity index (χ4n) is 5.52. The largest absolute Gasteiger partial charge is 0.496 e. The van der Waals surface area contributed by atoms with Crippen molar-refractivity contribution in [2.24, 2.45) is 17.8 Å². The number of benzene rings is 1. The first-order chi connectivity index (χ1) is 8.79. The fraction of sp³-hybridized carbons (Fsp3) is 0.647. The van der Waals surface area contributed by atoms with Gasteiger partial charge in [0, 0.05) is 5.56 Å². The Balaban J connectivity index is 1.79. The highest BCUT2D eigenvalue weighted by Gasteiger charge is 2.52. The van der Waals surface area contributed by atoms with Crippen molar-refractivity contribution in [3.8, 4) is 5.75 Å². The van der Waals surface area contributed by atoms with Gasteiger partial charge in [-0.2, -0.15) is 0 Å². The first kappa shape index (κ1) is 10.9. The summed E-state index contributed by atoms with van der Waals surface area (Å²) in [6.45, 7) is 0. The summed E-state index contributed by atoms with van der Waals surface area (Å²) in [6.07, 6.45) is 8.77. The predicted octanol–water partition coefficient (Wildman–Crippen LogP) is 4.16. The second kappa shape index (κ2) is 3.76. The number of hydrogen-bond donors (Lipinski definition) is 0. The van der Waals surface area contributed by atoms with Crippen LogP contribution in [0.2, 0.25) is 0 Å². The van der Waals surface area contributed by atoms with Crippen molar-refractivity contribution in [3.63, 3.8) is 0 Å². The highest BCUT2D eigenvalue weighted by atomic mass is 16.5. The van der Waals surface area contributed by atoms with Crippen LogP contribution in [0.3, 0.4) is 0 Å². The van der Waals surface area contributed by atoms with Gasteiger partial charge in [0.25, 0.3) is 0 Å².